The highest BCUT2D eigenvalue weighted by molar-refractivity contribution is 5.90. The van der Waals surface area contributed by atoms with Crippen LogP contribution in [0, 0.1) is 0 Å². The second-order valence-electron chi connectivity index (χ2n) is 2.04. The van der Waals surface area contributed by atoms with E-state index in [0.29, 0.717) is 0 Å². The highest BCUT2D eigenvalue weighted by atomic mass is 16.6. The minimum atomic E-state index is -1.66. The number of nitrogens with one attached hydrogen (secondary N) is 1. The van der Waals surface area contributed by atoms with E-state index in [0.717, 1.165) is 13.0 Å². The smallest absolute Gasteiger partial charge is 0.366 e. The lowest BCUT2D eigenvalue weighted by molar-refractivity contribution is -0.165. The van der Waals surface area contributed by atoms with Gasteiger partial charge in [0.25, 0.3) is 6.23 Å². The number of carboxylic acids is 1. The summed E-state index contributed by atoms with van der Waals surface area (Å²) in [5.74, 6) is -2.98. The fourth-order valence-electron chi connectivity index (χ4n) is 0.496. The van der Waals surface area contributed by atoms with E-state index in [1.165, 1.54) is 0 Å². The maximum Gasteiger partial charge on any atom is 0.366 e. The summed E-state index contributed by atoms with van der Waals surface area (Å²) in [5.41, 5.74) is 0. The molecule has 72 valence electrons. The summed E-state index contributed by atoms with van der Waals surface area (Å²) >= 11 is 0. The molecule has 0 aliphatic carbocycles. The largest absolute Gasteiger partial charge is 0.477 e. The van der Waals surface area contributed by atoms with Crippen LogP contribution in [-0.4, -0.2) is 29.2 Å². The molecular formula is C7H9NO5. The maximum absolute atomic E-state index is 10.6. The number of aliphatic carboxylic acids is 1. The predicted molar refractivity (Wildman–Crippen MR) is 41.5 cm³/mol. The topological polar surface area (TPSA) is 92.7 Å². The number of carbonyl (C=O) groups excluding carboxylic acids is 2. The van der Waals surface area contributed by atoms with Crippen molar-refractivity contribution in [2.45, 2.75) is 13.2 Å². The van der Waals surface area contributed by atoms with Gasteiger partial charge in [-0.25, -0.2) is 4.79 Å². The van der Waals surface area contributed by atoms with Gasteiger partial charge in [-0.1, -0.05) is 6.58 Å². The Morgan fingerprint density at radius 2 is 2.08 bits per heavy atom. The van der Waals surface area contributed by atoms with E-state index in [-0.39, 0.29) is 0 Å². The van der Waals surface area contributed by atoms with Crippen molar-refractivity contribution in [2.24, 2.45) is 0 Å². The van der Waals surface area contributed by atoms with Crippen molar-refractivity contribution in [1.82, 2.24) is 5.32 Å². The van der Waals surface area contributed by atoms with Crippen LogP contribution in [0.25, 0.3) is 0 Å². The van der Waals surface area contributed by atoms with E-state index >= 15 is 0 Å². The zero-order valence-electron chi connectivity index (χ0n) is 6.94. The first-order chi connectivity index (χ1) is 5.97. The molecule has 0 rings (SSSR count). The molecule has 0 aromatic carbocycles. The first-order valence-corrected chi connectivity index (χ1v) is 3.30. The Kier molecular flexibility index (Phi) is 4.21. The van der Waals surface area contributed by atoms with Gasteiger partial charge in [-0.15, -0.1) is 0 Å². The molecule has 0 spiro atoms. The lowest BCUT2D eigenvalue weighted by Crippen LogP contribution is -2.42. The van der Waals surface area contributed by atoms with Crippen molar-refractivity contribution < 1.29 is 24.2 Å². The Labute approximate surface area is 74.2 Å². The van der Waals surface area contributed by atoms with Crippen LogP contribution < -0.4 is 5.32 Å². The van der Waals surface area contributed by atoms with Crippen LogP contribution in [0.5, 0.6) is 0 Å². The number of carboxylic acid groups (broad SMARTS) is 1. The first-order valence-electron chi connectivity index (χ1n) is 3.30. The average molecular weight is 187 g/mol. The van der Waals surface area contributed by atoms with Gasteiger partial charge >= 0.3 is 11.9 Å². The fourth-order valence-corrected chi connectivity index (χ4v) is 0.496. The van der Waals surface area contributed by atoms with Gasteiger partial charge in [0.15, 0.2) is 0 Å². The minimum absolute atomic E-state index is 0.728. The molecule has 0 saturated heterocycles. The molecule has 0 aliphatic rings. The molecule has 6 heteroatoms. The first kappa shape index (κ1) is 11.2. The number of ether oxygens (including phenoxy) is 1. The maximum atomic E-state index is 10.6. The van der Waals surface area contributed by atoms with Crippen LogP contribution in [0.15, 0.2) is 12.7 Å². The van der Waals surface area contributed by atoms with Crippen LogP contribution in [0.4, 0.5) is 0 Å². The van der Waals surface area contributed by atoms with Crippen molar-refractivity contribution in [2.75, 3.05) is 0 Å². The molecule has 13 heavy (non-hydrogen) atoms. The summed E-state index contributed by atoms with van der Waals surface area (Å²) in [5, 5.41) is 10.3. The molecule has 0 saturated carbocycles. The van der Waals surface area contributed by atoms with E-state index < -0.39 is 24.1 Å². The minimum Gasteiger partial charge on any atom is -0.477 e. The molecule has 0 aliphatic heterocycles. The molecule has 2 N–H and O–H groups in total. The molecule has 0 fully saturated rings. The van der Waals surface area contributed by atoms with Gasteiger partial charge in [0, 0.05) is 6.92 Å². The monoisotopic (exact) mass is 187 g/mol. The van der Waals surface area contributed by atoms with Crippen LogP contribution >= 0.6 is 0 Å². The van der Waals surface area contributed by atoms with Crippen molar-refractivity contribution in [1.29, 1.82) is 0 Å². The average Bonchev–Trinajstić information content (AvgIpc) is 2.02. The van der Waals surface area contributed by atoms with Gasteiger partial charge in [-0.3, -0.25) is 9.59 Å². The molecule has 0 aromatic rings. The molecule has 0 heterocycles. The lowest BCUT2D eigenvalue weighted by Gasteiger charge is -2.12. The standard InChI is InChI=1S/C7H9NO5/c1-3-5(10)8-6(7(11)12)13-4(2)9/h3,6H,1H2,2H3,(H,8,10)(H,11,12). The van der Waals surface area contributed by atoms with E-state index in [4.69, 9.17) is 5.11 Å². The van der Waals surface area contributed by atoms with Gasteiger partial charge in [-0.2, -0.15) is 0 Å². The summed E-state index contributed by atoms with van der Waals surface area (Å²) in [7, 11) is 0. The number of hydrogen-bond donors (Lipinski definition) is 2. The summed E-state index contributed by atoms with van der Waals surface area (Å²) in [4.78, 5) is 31.4. The van der Waals surface area contributed by atoms with Crippen LogP contribution in [0.1, 0.15) is 6.92 Å². The van der Waals surface area contributed by atoms with Crippen LogP contribution in [0.2, 0.25) is 0 Å². The van der Waals surface area contributed by atoms with Crippen LogP contribution in [0.3, 0.4) is 0 Å². The molecule has 1 atom stereocenters. The quantitative estimate of drug-likeness (QED) is 0.343. The second-order valence-corrected chi connectivity index (χ2v) is 2.04. The van der Waals surface area contributed by atoms with Gasteiger partial charge in [-0.05, 0) is 6.08 Å². The lowest BCUT2D eigenvalue weighted by atomic mass is 10.5. The van der Waals surface area contributed by atoms with E-state index in [1.807, 2.05) is 5.32 Å². The number of carbonyl (C=O) groups is 3. The predicted octanol–water partition coefficient (Wildman–Crippen LogP) is -0.738. The number of hydrogen-bond acceptors (Lipinski definition) is 4. The molecule has 0 bridgehead atoms. The van der Waals surface area contributed by atoms with Crippen LogP contribution in [-0.2, 0) is 19.1 Å². The second kappa shape index (κ2) is 4.91. The Hall–Kier alpha value is -1.85. The third kappa shape index (κ3) is 4.57. The van der Waals surface area contributed by atoms with Gasteiger partial charge in [0.2, 0.25) is 5.91 Å². The van der Waals surface area contributed by atoms with Gasteiger partial charge in [0.1, 0.15) is 0 Å². The Bertz CT molecular complexity index is 247. The molecule has 0 aromatic heterocycles. The summed E-state index contributed by atoms with van der Waals surface area (Å²) < 4.78 is 4.27. The number of rotatable bonds is 4. The van der Waals surface area contributed by atoms with Crippen molar-refractivity contribution in [3.63, 3.8) is 0 Å². The van der Waals surface area contributed by atoms with E-state index in [2.05, 4.69) is 11.3 Å². The Morgan fingerprint density at radius 1 is 1.54 bits per heavy atom. The van der Waals surface area contributed by atoms with Crippen molar-refractivity contribution in [3.8, 4) is 0 Å². The molecule has 0 radical (unpaired) electrons. The summed E-state index contributed by atoms with van der Waals surface area (Å²) in [6.45, 7) is 4.14. The third-order valence-electron chi connectivity index (χ3n) is 0.967. The third-order valence-corrected chi connectivity index (χ3v) is 0.967. The Morgan fingerprint density at radius 3 is 2.38 bits per heavy atom. The highest BCUT2D eigenvalue weighted by Crippen LogP contribution is 1.89. The zero-order valence-corrected chi connectivity index (χ0v) is 6.94. The summed E-state index contributed by atoms with van der Waals surface area (Å²) in [6.07, 6.45) is -0.789. The number of amides is 1. The number of esters is 1. The normalized spacial score (nSPS) is 11.2. The Balaban J connectivity index is 4.26. The highest BCUT2D eigenvalue weighted by Gasteiger charge is 2.21. The molecular weight excluding hydrogens is 178 g/mol. The fraction of sp³-hybridized carbons (Fsp3) is 0.286. The van der Waals surface area contributed by atoms with Crippen molar-refractivity contribution >= 4 is 17.8 Å². The summed E-state index contributed by atoms with van der Waals surface area (Å²) in [6, 6.07) is 0. The van der Waals surface area contributed by atoms with Crippen molar-refractivity contribution in [3.05, 3.63) is 12.7 Å². The van der Waals surface area contributed by atoms with Gasteiger partial charge < -0.3 is 15.2 Å². The van der Waals surface area contributed by atoms with Gasteiger partial charge in [0.05, 0.1) is 0 Å². The van der Waals surface area contributed by atoms with E-state index in [9.17, 15) is 14.4 Å². The molecule has 6 nitrogen and oxygen atoms in total. The molecule has 1 unspecified atom stereocenters. The SMILES string of the molecule is C=CC(=O)NC(OC(C)=O)C(=O)O. The molecule has 1 amide bonds. The van der Waals surface area contributed by atoms with E-state index in [1.54, 1.807) is 0 Å². The zero-order chi connectivity index (χ0) is 10.4.